The number of nitrogens with zero attached hydrogens (tertiary/aromatic N) is 2. The summed E-state index contributed by atoms with van der Waals surface area (Å²) in [5.74, 6) is 1.29. The summed E-state index contributed by atoms with van der Waals surface area (Å²) in [5, 5.41) is 8.71. The Kier molecular flexibility index (Phi) is 5.10. The summed E-state index contributed by atoms with van der Waals surface area (Å²) in [6, 6.07) is 18.2. The lowest BCUT2D eigenvalue weighted by Gasteiger charge is -2.06. The van der Waals surface area contributed by atoms with Crippen molar-refractivity contribution in [2.45, 2.75) is 30.4 Å². The van der Waals surface area contributed by atoms with Crippen molar-refractivity contribution in [3.63, 3.8) is 0 Å². The van der Waals surface area contributed by atoms with Crippen molar-refractivity contribution in [1.29, 1.82) is 0 Å². The van der Waals surface area contributed by atoms with Gasteiger partial charge in [-0.1, -0.05) is 71.9 Å². The molecule has 1 atom stereocenters. The normalized spacial score (nSPS) is 12.3. The summed E-state index contributed by atoms with van der Waals surface area (Å²) in [5.41, 5.74) is 9.80. The average molecular weight is 325 g/mol. The second-order valence-corrected chi connectivity index (χ2v) is 6.40. The van der Waals surface area contributed by atoms with Crippen molar-refractivity contribution in [2.75, 3.05) is 0 Å². The first-order chi connectivity index (χ1) is 11.2. The first kappa shape index (κ1) is 15.8. The molecule has 118 valence electrons. The highest BCUT2D eigenvalue weighted by Crippen LogP contribution is 2.24. The summed E-state index contributed by atoms with van der Waals surface area (Å²) < 4.78 is 5.68. The van der Waals surface area contributed by atoms with Crippen LogP contribution in [0.2, 0.25) is 0 Å². The number of aromatic nitrogens is 2. The Morgan fingerprint density at radius 1 is 1.00 bits per heavy atom. The van der Waals surface area contributed by atoms with Crippen LogP contribution >= 0.6 is 11.8 Å². The third-order valence-electron chi connectivity index (χ3n) is 3.52. The van der Waals surface area contributed by atoms with Gasteiger partial charge in [0.1, 0.15) is 0 Å². The summed E-state index contributed by atoms with van der Waals surface area (Å²) in [7, 11) is 0. The van der Waals surface area contributed by atoms with Crippen molar-refractivity contribution >= 4 is 11.8 Å². The van der Waals surface area contributed by atoms with Crippen LogP contribution in [0.15, 0.2) is 64.2 Å². The van der Waals surface area contributed by atoms with Gasteiger partial charge in [-0.3, -0.25) is 0 Å². The summed E-state index contributed by atoms with van der Waals surface area (Å²) >= 11 is 1.53. The van der Waals surface area contributed by atoms with Crippen LogP contribution in [0.25, 0.3) is 0 Å². The molecule has 1 heterocycles. The average Bonchev–Trinajstić information content (AvgIpc) is 3.04. The Morgan fingerprint density at radius 3 is 2.48 bits per heavy atom. The predicted octanol–water partition coefficient (Wildman–Crippen LogP) is 3.91. The summed E-state index contributed by atoms with van der Waals surface area (Å²) in [6.45, 7) is 2.08. The summed E-state index contributed by atoms with van der Waals surface area (Å²) in [6.07, 6.45) is 0.686. The van der Waals surface area contributed by atoms with Gasteiger partial charge in [-0.05, 0) is 24.5 Å². The highest BCUT2D eigenvalue weighted by molar-refractivity contribution is 7.98. The second kappa shape index (κ2) is 7.44. The first-order valence-electron chi connectivity index (χ1n) is 7.52. The van der Waals surface area contributed by atoms with E-state index in [2.05, 4.69) is 41.4 Å². The summed E-state index contributed by atoms with van der Waals surface area (Å²) in [4.78, 5) is 0. The Labute approximate surface area is 140 Å². The SMILES string of the molecule is Cc1ccc(CSc2nnc([C@@H](N)Cc3ccccc3)o2)cc1. The molecule has 0 aliphatic carbocycles. The molecule has 0 unspecified atom stereocenters. The maximum Gasteiger partial charge on any atom is 0.276 e. The molecular formula is C18H19N3OS. The highest BCUT2D eigenvalue weighted by atomic mass is 32.2. The fourth-order valence-electron chi connectivity index (χ4n) is 2.21. The van der Waals surface area contributed by atoms with E-state index < -0.39 is 0 Å². The quantitative estimate of drug-likeness (QED) is 0.696. The van der Waals surface area contributed by atoms with E-state index in [4.69, 9.17) is 10.2 Å². The molecule has 5 heteroatoms. The van der Waals surface area contributed by atoms with E-state index in [1.54, 1.807) is 0 Å². The number of thioether (sulfide) groups is 1. The molecule has 0 saturated heterocycles. The zero-order chi connectivity index (χ0) is 16.1. The van der Waals surface area contributed by atoms with Crippen LogP contribution in [0, 0.1) is 6.92 Å². The molecule has 0 aliphatic heterocycles. The minimum Gasteiger partial charge on any atom is -0.414 e. The van der Waals surface area contributed by atoms with E-state index in [0.717, 1.165) is 11.3 Å². The zero-order valence-electron chi connectivity index (χ0n) is 13.0. The van der Waals surface area contributed by atoms with E-state index in [1.165, 1.54) is 22.9 Å². The van der Waals surface area contributed by atoms with Gasteiger partial charge in [0, 0.05) is 5.75 Å². The van der Waals surface area contributed by atoms with Crippen LogP contribution in [0.4, 0.5) is 0 Å². The lowest BCUT2D eigenvalue weighted by Crippen LogP contribution is -2.13. The van der Waals surface area contributed by atoms with Crippen molar-refractivity contribution in [1.82, 2.24) is 10.2 Å². The molecule has 0 fully saturated rings. The molecule has 0 amide bonds. The molecule has 0 radical (unpaired) electrons. The van der Waals surface area contributed by atoms with E-state index in [-0.39, 0.29) is 6.04 Å². The predicted molar refractivity (Wildman–Crippen MR) is 92.1 cm³/mol. The lowest BCUT2D eigenvalue weighted by atomic mass is 10.1. The largest absolute Gasteiger partial charge is 0.414 e. The van der Waals surface area contributed by atoms with E-state index in [9.17, 15) is 0 Å². The van der Waals surface area contributed by atoms with Gasteiger partial charge in [0.25, 0.3) is 5.22 Å². The standard InChI is InChI=1S/C18H19N3OS/c1-13-7-9-15(10-8-13)12-23-18-21-20-17(22-18)16(19)11-14-5-3-2-4-6-14/h2-10,16H,11-12,19H2,1H3/t16-/m0/s1. The van der Waals surface area contributed by atoms with Gasteiger partial charge < -0.3 is 10.2 Å². The van der Waals surface area contributed by atoms with Crippen molar-refractivity contribution in [3.05, 3.63) is 77.2 Å². The molecule has 2 N–H and O–H groups in total. The molecule has 3 aromatic rings. The maximum absolute atomic E-state index is 6.16. The van der Waals surface area contributed by atoms with Gasteiger partial charge in [0.2, 0.25) is 5.89 Å². The smallest absolute Gasteiger partial charge is 0.276 e. The Bertz CT molecular complexity index is 740. The van der Waals surface area contributed by atoms with Gasteiger partial charge in [0.15, 0.2) is 0 Å². The van der Waals surface area contributed by atoms with Crippen molar-refractivity contribution in [3.8, 4) is 0 Å². The first-order valence-corrected chi connectivity index (χ1v) is 8.50. The maximum atomic E-state index is 6.16. The fourth-order valence-corrected chi connectivity index (χ4v) is 2.94. The lowest BCUT2D eigenvalue weighted by molar-refractivity contribution is 0.385. The van der Waals surface area contributed by atoms with Gasteiger partial charge in [0.05, 0.1) is 6.04 Å². The number of nitrogens with two attached hydrogens (primary N) is 1. The third kappa shape index (κ3) is 4.43. The molecule has 4 nitrogen and oxygen atoms in total. The molecule has 2 aromatic carbocycles. The van der Waals surface area contributed by atoms with E-state index >= 15 is 0 Å². The van der Waals surface area contributed by atoms with Crippen LogP contribution in [0.1, 0.15) is 28.6 Å². The molecule has 0 saturated carbocycles. The van der Waals surface area contributed by atoms with Crippen molar-refractivity contribution < 1.29 is 4.42 Å². The molecule has 3 rings (SSSR count). The third-order valence-corrected chi connectivity index (χ3v) is 4.41. The van der Waals surface area contributed by atoms with Gasteiger partial charge in [-0.2, -0.15) is 0 Å². The Balaban J connectivity index is 1.58. The van der Waals surface area contributed by atoms with Crippen LogP contribution < -0.4 is 5.73 Å². The number of aryl methyl sites for hydroxylation is 1. The van der Waals surface area contributed by atoms with Gasteiger partial charge >= 0.3 is 0 Å². The Hall–Kier alpha value is -2.11. The molecule has 0 aliphatic rings. The minimum absolute atomic E-state index is 0.279. The fraction of sp³-hybridized carbons (Fsp3) is 0.222. The molecule has 1 aromatic heterocycles. The molecule has 0 bridgehead atoms. The zero-order valence-corrected chi connectivity index (χ0v) is 13.8. The topological polar surface area (TPSA) is 64.9 Å². The number of hydrogen-bond donors (Lipinski definition) is 1. The van der Waals surface area contributed by atoms with E-state index in [1.807, 2.05) is 30.3 Å². The molecular weight excluding hydrogens is 306 g/mol. The van der Waals surface area contributed by atoms with Gasteiger partial charge in [-0.15, -0.1) is 10.2 Å². The van der Waals surface area contributed by atoms with Crippen molar-refractivity contribution in [2.24, 2.45) is 5.73 Å². The molecule has 0 spiro atoms. The van der Waals surface area contributed by atoms with Crippen LogP contribution in [-0.2, 0) is 12.2 Å². The number of hydrogen-bond acceptors (Lipinski definition) is 5. The number of benzene rings is 2. The van der Waals surface area contributed by atoms with Crippen LogP contribution in [-0.4, -0.2) is 10.2 Å². The minimum atomic E-state index is -0.279. The highest BCUT2D eigenvalue weighted by Gasteiger charge is 2.15. The van der Waals surface area contributed by atoms with Gasteiger partial charge in [-0.25, -0.2) is 0 Å². The van der Waals surface area contributed by atoms with Crippen LogP contribution in [0.3, 0.4) is 0 Å². The van der Waals surface area contributed by atoms with E-state index in [0.29, 0.717) is 17.5 Å². The van der Waals surface area contributed by atoms with Crippen LogP contribution in [0.5, 0.6) is 0 Å². The monoisotopic (exact) mass is 325 g/mol. The second-order valence-electron chi connectivity index (χ2n) is 5.48. The molecule has 23 heavy (non-hydrogen) atoms. The Morgan fingerprint density at radius 2 is 1.74 bits per heavy atom. The number of rotatable bonds is 6.